The van der Waals surface area contributed by atoms with Crippen molar-refractivity contribution in [1.82, 2.24) is 4.90 Å². The molecule has 3 aromatic rings. The Morgan fingerprint density at radius 2 is 1.86 bits per heavy atom. The molecule has 8 nitrogen and oxygen atoms in total. The van der Waals surface area contributed by atoms with Gasteiger partial charge in [-0.3, -0.25) is 4.79 Å². The van der Waals surface area contributed by atoms with Crippen molar-refractivity contribution in [3.63, 3.8) is 0 Å². The minimum Gasteiger partial charge on any atom is -0.491 e. The lowest BCUT2D eigenvalue weighted by Crippen LogP contribution is -2.48. The van der Waals surface area contributed by atoms with Gasteiger partial charge in [0.1, 0.15) is 17.2 Å². The molecule has 1 aliphatic rings. The number of benzene rings is 2. The molecule has 2 aromatic carbocycles. The normalized spacial score (nSPS) is 14.1. The Morgan fingerprint density at radius 3 is 2.54 bits per heavy atom. The highest BCUT2D eigenvalue weighted by Gasteiger charge is 2.37. The molecule has 0 fully saturated rings. The van der Waals surface area contributed by atoms with Gasteiger partial charge in [-0.2, -0.15) is 0 Å². The fourth-order valence-electron chi connectivity index (χ4n) is 4.44. The Kier molecular flexibility index (Phi) is 7.54. The zero-order valence-electron chi connectivity index (χ0n) is 21.7. The first-order chi connectivity index (χ1) is 17.6. The number of esters is 1. The lowest BCUT2D eigenvalue weighted by molar-refractivity contribution is -0.116. The number of carbonyl (C=O) groups is 3. The van der Waals surface area contributed by atoms with Crippen LogP contribution in [0.1, 0.15) is 47.1 Å². The smallest absolute Gasteiger partial charge is 0.350 e. The Hall–Kier alpha value is -3.85. The number of aryl methyl sites for hydroxylation is 1. The van der Waals surface area contributed by atoms with E-state index in [-0.39, 0.29) is 11.9 Å². The predicted octanol–water partition coefficient (Wildman–Crippen LogP) is 5.56. The maximum absolute atomic E-state index is 13.4. The predicted molar refractivity (Wildman–Crippen MR) is 144 cm³/mol. The number of anilines is 2. The van der Waals surface area contributed by atoms with Crippen LogP contribution in [0, 0.1) is 6.92 Å². The monoisotopic (exact) mass is 521 g/mol. The summed E-state index contributed by atoms with van der Waals surface area (Å²) in [6, 6.07) is 15.0. The molecule has 4 rings (SSSR count). The molecule has 0 aliphatic carbocycles. The maximum atomic E-state index is 13.4. The van der Waals surface area contributed by atoms with E-state index in [2.05, 4.69) is 5.32 Å². The van der Waals surface area contributed by atoms with Crippen LogP contribution in [-0.4, -0.2) is 43.1 Å². The van der Waals surface area contributed by atoms with Gasteiger partial charge in [0, 0.05) is 18.2 Å². The number of methoxy groups -OCH3 is 1. The third-order valence-electron chi connectivity index (χ3n) is 6.54. The number of nitrogens with zero attached hydrogens (tertiary/aromatic N) is 2. The Labute approximate surface area is 220 Å². The first-order valence-corrected chi connectivity index (χ1v) is 12.8. The first kappa shape index (κ1) is 26.2. The molecule has 0 atom stereocenters. The molecule has 0 bridgehead atoms. The van der Waals surface area contributed by atoms with Crippen molar-refractivity contribution < 1.29 is 23.9 Å². The van der Waals surface area contributed by atoms with Crippen LogP contribution in [0.25, 0.3) is 0 Å². The minimum absolute atomic E-state index is 0.0625. The molecule has 37 heavy (non-hydrogen) atoms. The average molecular weight is 522 g/mol. The summed E-state index contributed by atoms with van der Waals surface area (Å²) >= 11 is 1.21. The van der Waals surface area contributed by atoms with Crippen LogP contribution in [0.3, 0.4) is 0 Å². The fraction of sp³-hybridized carbons (Fsp3) is 0.321. The topological polar surface area (TPSA) is 88.2 Å². The molecule has 2 heterocycles. The van der Waals surface area contributed by atoms with E-state index >= 15 is 0 Å². The summed E-state index contributed by atoms with van der Waals surface area (Å²) in [5.41, 5.74) is 3.37. The number of carbonyl (C=O) groups excluding carboxylic acids is 3. The molecule has 1 aliphatic heterocycles. The molecule has 0 unspecified atom stereocenters. The maximum Gasteiger partial charge on any atom is 0.350 e. The van der Waals surface area contributed by atoms with E-state index < -0.39 is 11.5 Å². The van der Waals surface area contributed by atoms with Crippen LogP contribution in [0.4, 0.5) is 16.2 Å². The number of nitrogens with one attached hydrogen (secondary N) is 1. The van der Waals surface area contributed by atoms with Gasteiger partial charge in [-0.25, -0.2) is 9.59 Å². The highest BCUT2D eigenvalue weighted by molar-refractivity contribution is 7.12. The number of urea groups is 1. The van der Waals surface area contributed by atoms with E-state index in [1.54, 1.807) is 28.2 Å². The Bertz CT molecular complexity index is 1320. The second kappa shape index (κ2) is 10.6. The summed E-state index contributed by atoms with van der Waals surface area (Å²) < 4.78 is 10.8. The summed E-state index contributed by atoms with van der Waals surface area (Å²) in [6.07, 6.45) is 0. The number of hydrogen-bond donors (Lipinski definition) is 1. The van der Waals surface area contributed by atoms with E-state index in [1.807, 2.05) is 63.2 Å². The zero-order chi connectivity index (χ0) is 26.7. The molecule has 3 amide bonds. The number of rotatable bonds is 5. The quantitative estimate of drug-likeness (QED) is 0.444. The van der Waals surface area contributed by atoms with E-state index in [4.69, 9.17) is 9.47 Å². The molecule has 0 spiro atoms. The van der Waals surface area contributed by atoms with Gasteiger partial charge in [0.15, 0.2) is 0 Å². The lowest BCUT2D eigenvalue weighted by atomic mass is 9.90. The molecule has 0 radical (unpaired) electrons. The summed E-state index contributed by atoms with van der Waals surface area (Å²) in [5.74, 6) is 0.134. The van der Waals surface area contributed by atoms with E-state index in [1.165, 1.54) is 18.4 Å². The second-order valence-electron chi connectivity index (χ2n) is 9.42. The minimum atomic E-state index is -0.738. The number of hydrogen-bond acceptors (Lipinski definition) is 6. The molecule has 0 saturated carbocycles. The number of thiophene rings is 1. The number of fused-ring (bicyclic) bond motifs is 1. The largest absolute Gasteiger partial charge is 0.491 e. The average Bonchev–Trinajstić information content (AvgIpc) is 3.28. The molecule has 194 valence electrons. The van der Waals surface area contributed by atoms with Crippen LogP contribution in [0.5, 0.6) is 5.75 Å². The van der Waals surface area contributed by atoms with Crippen molar-refractivity contribution >= 4 is 40.6 Å². The Balaban J connectivity index is 1.62. The molecular weight excluding hydrogens is 490 g/mol. The zero-order valence-corrected chi connectivity index (χ0v) is 22.5. The van der Waals surface area contributed by atoms with Gasteiger partial charge in [0.2, 0.25) is 5.91 Å². The number of amides is 3. The van der Waals surface area contributed by atoms with Gasteiger partial charge < -0.3 is 24.6 Å². The van der Waals surface area contributed by atoms with Crippen molar-refractivity contribution in [2.75, 3.05) is 30.5 Å². The van der Waals surface area contributed by atoms with Crippen molar-refractivity contribution in [3.8, 4) is 5.75 Å². The third-order valence-corrected chi connectivity index (χ3v) is 7.43. The van der Waals surface area contributed by atoms with Gasteiger partial charge in [0.05, 0.1) is 31.4 Å². The van der Waals surface area contributed by atoms with Crippen LogP contribution in [-0.2, 0) is 21.6 Å². The summed E-state index contributed by atoms with van der Waals surface area (Å²) in [5, 5.41) is 4.60. The first-order valence-electron chi connectivity index (χ1n) is 12.0. The standard InChI is InChI=1S/C28H31N3O5S/c1-18-6-9-21(10-7-18)30(19(2)32)17-20-8-11-24-22(16-20)28(3,4)31(13-14-36-24)27(34)29-23-12-15-37-25(23)26(33)35-5/h6-12,15-16H,13-14,17H2,1-5H3,(H,29,34). The van der Waals surface area contributed by atoms with Crippen LogP contribution < -0.4 is 15.0 Å². The van der Waals surface area contributed by atoms with Crippen LogP contribution >= 0.6 is 11.3 Å². The molecule has 9 heteroatoms. The van der Waals surface area contributed by atoms with Crippen molar-refractivity contribution in [3.05, 3.63) is 75.5 Å². The second-order valence-corrected chi connectivity index (χ2v) is 10.3. The highest BCUT2D eigenvalue weighted by atomic mass is 32.1. The third kappa shape index (κ3) is 5.46. The molecule has 1 aromatic heterocycles. The summed E-state index contributed by atoms with van der Waals surface area (Å²) in [7, 11) is 1.31. The molecular formula is C28H31N3O5S. The molecule has 1 N–H and O–H groups in total. The van der Waals surface area contributed by atoms with Crippen LogP contribution in [0.15, 0.2) is 53.9 Å². The highest BCUT2D eigenvalue weighted by Crippen LogP contribution is 2.38. The van der Waals surface area contributed by atoms with E-state index in [0.717, 1.165) is 22.4 Å². The molecule has 0 saturated heterocycles. The lowest BCUT2D eigenvalue weighted by Gasteiger charge is -2.37. The van der Waals surface area contributed by atoms with Gasteiger partial charge in [-0.15, -0.1) is 11.3 Å². The van der Waals surface area contributed by atoms with Gasteiger partial charge >= 0.3 is 12.0 Å². The van der Waals surface area contributed by atoms with Crippen molar-refractivity contribution in [1.29, 1.82) is 0 Å². The number of ether oxygens (including phenoxy) is 2. The fourth-order valence-corrected chi connectivity index (χ4v) is 5.21. The van der Waals surface area contributed by atoms with Crippen LogP contribution in [0.2, 0.25) is 0 Å². The van der Waals surface area contributed by atoms with Crippen molar-refractivity contribution in [2.24, 2.45) is 0 Å². The van der Waals surface area contributed by atoms with E-state index in [9.17, 15) is 14.4 Å². The summed E-state index contributed by atoms with van der Waals surface area (Å²) in [6.45, 7) is 8.53. The van der Waals surface area contributed by atoms with E-state index in [0.29, 0.717) is 36.0 Å². The van der Waals surface area contributed by atoms with Gasteiger partial charge in [0.25, 0.3) is 0 Å². The SMILES string of the molecule is COC(=O)c1sccc1NC(=O)N1CCOc2ccc(CN(C(C)=O)c3ccc(C)cc3)cc2C1(C)C. The Morgan fingerprint density at radius 1 is 1.14 bits per heavy atom. The van der Waals surface area contributed by atoms with Gasteiger partial charge in [-0.05, 0) is 62.0 Å². The van der Waals surface area contributed by atoms with Crippen molar-refractivity contribution in [2.45, 2.75) is 39.8 Å². The van der Waals surface area contributed by atoms with Gasteiger partial charge in [-0.1, -0.05) is 23.8 Å². The summed E-state index contributed by atoms with van der Waals surface area (Å²) in [4.78, 5) is 41.8.